The van der Waals surface area contributed by atoms with E-state index < -0.39 is 27.3 Å². The monoisotopic (exact) mass is 378 g/mol. The zero-order valence-electron chi connectivity index (χ0n) is 14.1. The molecule has 0 saturated heterocycles. The van der Waals surface area contributed by atoms with E-state index in [1.54, 1.807) is 6.92 Å². The van der Waals surface area contributed by atoms with E-state index in [1.807, 2.05) is 6.92 Å². The molecule has 0 aliphatic heterocycles. The van der Waals surface area contributed by atoms with Crippen LogP contribution in [0.1, 0.15) is 37.0 Å². The lowest BCUT2D eigenvalue weighted by molar-refractivity contribution is -0.120. The van der Waals surface area contributed by atoms with Gasteiger partial charge < -0.3 is 15.8 Å². The molecule has 7 nitrogen and oxygen atoms in total. The van der Waals surface area contributed by atoms with Gasteiger partial charge in [-0.05, 0) is 31.5 Å². The molecule has 136 valence electrons. The molecule has 0 spiro atoms. The van der Waals surface area contributed by atoms with Crippen LogP contribution in [0.5, 0.6) is 0 Å². The van der Waals surface area contributed by atoms with Crippen molar-refractivity contribution in [2.24, 2.45) is 5.73 Å². The highest BCUT2D eigenvalue weighted by molar-refractivity contribution is 7.90. The lowest BCUT2D eigenvalue weighted by Crippen LogP contribution is -2.48. The normalized spacial score (nSPS) is 13.4. The molecule has 0 aliphatic rings. The summed E-state index contributed by atoms with van der Waals surface area (Å²) in [7, 11) is -2.37. The van der Waals surface area contributed by atoms with Crippen LogP contribution in [0.3, 0.4) is 0 Å². The molecule has 0 fully saturated rings. The Morgan fingerprint density at radius 2 is 1.88 bits per heavy atom. The number of nitrogens with two attached hydrogens (primary N) is 1. The van der Waals surface area contributed by atoms with Crippen LogP contribution in [0.4, 0.5) is 5.69 Å². The molecule has 0 radical (unpaired) electrons. The summed E-state index contributed by atoms with van der Waals surface area (Å²) in [6.45, 7) is 3.49. The Morgan fingerprint density at radius 1 is 1.29 bits per heavy atom. The number of esters is 1. The van der Waals surface area contributed by atoms with Gasteiger partial charge in [0.2, 0.25) is 5.91 Å². The Morgan fingerprint density at radius 3 is 2.33 bits per heavy atom. The molecule has 1 rings (SSSR count). The van der Waals surface area contributed by atoms with Crippen LogP contribution >= 0.6 is 12.4 Å². The Balaban J connectivity index is 0.00000529. The number of hydrogen-bond acceptors (Lipinski definition) is 6. The highest BCUT2D eigenvalue weighted by Gasteiger charge is 2.27. The average Bonchev–Trinajstić information content (AvgIpc) is 2.45. The first-order chi connectivity index (χ1) is 10.5. The van der Waals surface area contributed by atoms with E-state index in [0.29, 0.717) is 6.42 Å². The summed E-state index contributed by atoms with van der Waals surface area (Å²) in [5.74, 6) is -1.16. The number of amides is 1. The highest BCUT2D eigenvalue weighted by Crippen LogP contribution is 2.21. The first-order valence-electron chi connectivity index (χ1n) is 7.05. The van der Waals surface area contributed by atoms with Gasteiger partial charge in [0.05, 0.1) is 23.1 Å². The molecule has 0 aromatic heterocycles. The minimum Gasteiger partial charge on any atom is -0.465 e. The maximum Gasteiger partial charge on any atom is 0.337 e. The van der Waals surface area contributed by atoms with Gasteiger partial charge in [-0.2, -0.15) is 0 Å². The van der Waals surface area contributed by atoms with Crippen molar-refractivity contribution < 1.29 is 22.7 Å². The Kier molecular flexibility index (Phi) is 7.88. The third-order valence-electron chi connectivity index (χ3n) is 3.30. The predicted octanol–water partition coefficient (Wildman–Crippen LogP) is 1.75. The first-order valence-corrected chi connectivity index (χ1v) is 8.94. The smallest absolute Gasteiger partial charge is 0.337 e. The number of sulfone groups is 1. The van der Waals surface area contributed by atoms with Crippen molar-refractivity contribution in [1.29, 1.82) is 0 Å². The summed E-state index contributed by atoms with van der Waals surface area (Å²) < 4.78 is 28.1. The highest BCUT2D eigenvalue weighted by atomic mass is 35.5. The fourth-order valence-electron chi connectivity index (χ4n) is 2.03. The third kappa shape index (κ3) is 5.77. The van der Waals surface area contributed by atoms with Crippen molar-refractivity contribution in [2.75, 3.05) is 18.7 Å². The second kappa shape index (κ2) is 8.46. The van der Waals surface area contributed by atoms with Gasteiger partial charge in [0, 0.05) is 11.9 Å². The van der Waals surface area contributed by atoms with Crippen molar-refractivity contribution in [1.82, 2.24) is 0 Å². The van der Waals surface area contributed by atoms with E-state index in [0.717, 1.165) is 12.7 Å². The Bertz CT molecular complexity index is 717. The maximum absolute atomic E-state index is 12.2. The second-order valence-electron chi connectivity index (χ2n) is 5.63. The van der Waals surface area contributed by atoms with E-state index in [9.17, 15) is 18.0 Å². The number of methoxy groups -OCH3 is 1. The van der Waals surface area contributed by atoms with Crippen LogP contribution < -0.4 is 11.1 Å². The number of carbonyl (C=O) groups is 2. The molecule has 1 aromatic rings. The van der Waals surface area contributed by atoms with Crippen molar-refractivity contribution in [2.45, 2.75) is 37.1 Å². The number of nitrogens with one attached hydrogen (secondary N) is 1. The SMILES string of the molecule is CCCC(C)(N)C(=O)Nc1cc(C(=O)OC)cc(S(C)(=O)=O)c1.Cl. The maximum atomic E-state index is 12.2. The van der Waals surface area contributed by atoms with Gasteiger partial charge in [-0.15, -0.1) is 12.4 Å². The van der Waals surface area contributed by atoms with E-state index in [1.165, 1.54) is 25.3 Å². The molecule has 0 bridgehead atoms. The van der Waals surface area contributed by atoms with Crippen molar-refractivity contribution >= 4 is 39.8 Å². The van der Waals surface area contributed by atoms with Crippen LogP contribution in [-0.4, -0.2) is 39.2 Å². The van der Waals surface area contributed by atoms with Gasteiger partial charge in [0.1, 0.15) is 0 Å². The molecule has 1 atom stereocenters. The quantitative estimate of drug-likeness (QED) is 0.728. The minimum absolute atomic E-state index is 0. The molecular formula is C15H23ClN2O5S. The first kappa shape index (κ1) is 22.4. The Labute approximate surface area is 148 Å². The number of anilines is 1. The zero-order chi connectivity index (χ0) is 17.8. The lowest BCUT2D eigenvalue weighted by Gasteiger charge is -2.23. The number of rotatable bonds is 6. The molecule has 24 heavy (non-hydrogen) atoms. The van der Waals surface area contributed by atoms with Crippen LogP contribution in [0.2, 0.25) is 0 Å². The zero-order valence-corrected chi connectivity index (χ0v) is 15.7. The summed E-state index contributed by atoms with van der Waals surface area (Å²) in [5.41, 5.74) is 5.05. The molecule has 0 heterocycles. The topological polar surface area (TPSA) is 116 Å². The summed E-state index contributed by atoms with van der Waals surface area (Å²) in [6.07, 6.45) is 2.20. The largest absolute Gasteiger partial charge is 0.465 e. The molecule has 1 aromatic carbocycles. The molecular weight excluding hydrogens is 356 g/mol. The summed E-state index contributed by atoms with van der Waals surface area (Å²) in [4.78, 5) is 23.8. The lowest BCUT2D eigenvalue weighted by atomic mass is 9.96. The van der Waals surface area contributed by atoms with E-state index in [-0.39, 0.29) is 28.6 Å². The number of halogens is 1. The number of carbonyl (C=O) groups excluding carboxylic acids is 2. The van der Waals surface area contributed by atoms with Crippen LogP contribution in [0, 0.1) is 0 Å². The average molecular weight is 379 g/mol. The molecule has 9 heteroatoms. The third-order valence-corrected chi connectivity index (χ3v) is 4.39. The van der Waals surface area contributed by atoms with E-state index in [2.05, 4.69) is 10.1 Å². The van der Waals surface area contributed by atoms with Crippen molar-refractivity contribution in [3.05, 3.63) is 23.8 Å². The van der Waals surface area contributed by atoms with Gasteiger partial charge in [-0.3, -0.25) is 4.79 Å². The van der Waals surface area contributed by atoms with E-state index >= 15 is 0 Å². The summed E-state index contributed by atoms with van der Waals surface area (Å²) in [6, 6.07) is 3.83. The minimum atomic E-state index is -3.56. The fraction of sp³-hybridized carbons (Fsp3) is 0.467. The molecule has 0 saturated carbocycles. The van der Waals surface area contributed by atoms with Crippen molar-refractivity contribution in [3.63, 3.8) is 0 Å². The van der Waals surface area contributed by atoms with Gasteiger partial charge in [0.25, 0.3) is 0 Å². The second-order valence-corrected chi connectivity index (χ2v) is 7.65. The summed E-state index contributed by atoms with van der Waals surface area (Å²) in [5, 5.41) is 2.56. The van der Waals surface area contributed by atoms with Gasteiger partial charge in [-0.1, -0.05) is 13.3 Å². The number of ether oxygens (including phenoxy) is 1. The van der Waals surface area contributed by atoms with Gasteiger partial charge in [-0.25, -0.2) is 13.2 Å². The van der Waals surface area contributed by atoms with Gasteiger partial charge in [0.15, 0.2) is 9.84 Å². The molecule has 3 N–H and O–H groups in total. The number of benzene rings is 1. The number of hydrogen-bond donors (Lipinski definition) is 2. The Hall–Kier alpha value is -1.64. The van der Waals surface area contributed by atoms with Crippen LogP contribution in [0.15, 0.2) is 23.1 Å². The van der Waals surface area contributed by atoms with Gasteiger partial charge >= 0.3 is 5.97 Å². The van der Waals surface area contributed by atoms with Crippen LogP contribution in [-0.2, 0) is 19.4 Å². The summed E-state index contributed by atoms with van der Waals surface area (Å²) >= 11 is 0. The molecule has 1 amide bonds. The molecule has 1 unspecified atom stereocenters. The van der Waals surface area contributed by atoms with Crippen molar-refractivity contribution in [3.8, 4) is 0 Å². The predicted molar refractivity (Wildman–Crippen MR) is 94.3 cm³/mol. The van der Waals surface area contributed by atoms with Crippen LogP contribution in [0.25, 0.3) is 0 Å². The fourth-order valence-corrected chi connectivity index (χ4v) is 2.71. The standard InChI is InChI=1S/C15H22N2O5S.ClH/c1-5-6-15(2,16)14(19)17-11-7-10(13(18)22-3)8-12(9-11)23(4,20)21;/h7-9H,5-6,16H2,1-4H3,(H,17,19);1H. The molecule has 0 aliphatic carbocycles. The van der Waals surface area contributed by atoms with E-state index in [4.69, 9.17) is 5.73 Å².